The molecule has 3 rings (SSSR count). The van der Waals surface area contributed by atoms with Crippen LogP contribution in [0.2, 0.25) is 0 Å². The smallest absolute Gasteiger partial charge is 0.159 e. The standard InChI is InChI=1S/C17H14N2O/c1-12(20)13-5-7-14(8-6-13)15-3-2-4-16(11-15)17-9-10-18-19-17/h2-11H,1H3,(H,18,19). The molecule has 0 radical (unpaired) electrons. The largest absolute Gasteiger partial charge is 0.295 e. The fraction of sp³-hybridized carbons (Fsp3) is 0.0588. The summed E-state index contributed by atoms with van der Waals surface area (Å²) in [4.78, 5) is 11.3. The van der Waals surface area contributed by atoms with E-state index in [9.17, 15) is 4.79 Å². The van der Waals surface area contributed by atoms with E-state index in [1.807, 2.05) is 42.5 Å². The van der Waals surface area contributed by atoms with Crippen molar-refractivity contribution in [3.05, 3.63) is 66.4 Å². The molecular formula is C17H14N2O. The number of carbonyl (C=O) groups is 1. The molecule has 0 aliphatic carbocycles. The van der Waals surface area contributed by atoms with Crippen LogP contribution in [0.15, 0.2) is 60.8 Å². The third kappa shape index (κ3) is 2.38. The van der Waals surface area contributed by atoms with Gasteiger partial charge in [0.15, 0.2) is 5.78 Å². The number of Topliss-reactive ketones (excluding diaryl/α,β-unsaturated/α-hetero) is 1. The van der Waals surface area contributed by atoms with Crippen LogP contribution in [0.4, 0.5) is 0 Å². The van der Waals surface area contributed by atoms with Crippen molar-refractivity contribution in [2.75, 3.05) is 0 Å². The molecule has 3 nitrogen and oxygen atoms in total. The van der Waals surface area contributed by atoms with Crippen LogP contribution in [-0.2, 0) is 0 Å². The molecule has 0 aliphatic rings. The summed E-state index contributed by atoms with van der Waals surface area (Å²) in [5, 5.41) is 6.93. The van der Waals surface area contributed by atoms with Crippen LogP contribution in [0.25, 0.3) is 22.4 Å². The van der Waals surface area contributed by atoms with E-state index in [0.29, 0.717) is 0 Å². The average molecular weight is 262 g/mol. The molecule has 0 saturated heterocycles. The average Bonchev–Trinajstić information content (AvgIpc) is 3.02. The van der Waals surface area contributed by atoms with Gasteiger partial charge in [-0.05, 0) is 30.2 Å². The highest BCUT2D eigenvalue weighted by Crippen LogP contribution is 2.25. The minimum atomic E-state index is 0.0859. The number of hydrogen-bond acceptors (Lipinski definition) is 2. The summed E-state index contributed by atoms with van der Waals surface area (Å²) < 4.78 is 0. The number of aromatic amines is 1. The van der Waals surface area contributed by atoms with Crippen LogP contribution in [0.5, 0.6) is 0 Å². The number of H-pyrrole nitrogens is 1. The lowest BCUT2D eigenvalue weighted by Crippen LogP contribution is -1.90. The van der Waals surface area contributed by atoms with E-state index in [0.717, 1.165) is 27.9 Å². The van der Waals surface area contributed by atoms with Gasteiger partial charge >= 0.3 is 0 Å². The van der Waals surface area contributed by atoms with E-state index in [-0.39, 0.29) is 5.78 Å². The Bertz CT molecular complexity index is 728. The quantitative estimate of drug-likeness (QED) is 0.726. The first kappa shape index (κ1) is 12.4. The van der Waals surface area contributed by atoms with Crippen molar-refractivity contribution in [2.45, 2.75) is 6.92 Å². The summed E-state index contributed by atoms with van der Waals surface area (Å²) in [6.07, 6.45) is 1.74. The molecule has 0 aliphatic heterocycles. The highest BCUT2D eigenvalue weighted by molar-refractivity contribution is 5.94. The Morgan fingerprint density at radius 3 is 2.35 bits per heavy atom. The van der Waals surface area contributed by atoms with E-state index in [2.05, 4.69) is 22.3 Å². The van der Waals surface area contributed by atoms with Crippen molar-refractivity contribution in [3.63, 3.8) is 0 Å². The summed E-state index contributed by atoms with van der Waals surface area (Å²) in [7, 11) is 0. The van der Waals surface area contributed by atoms with Crippen molar-refractivity contribution in [1.82, 2.24) is 10.2 Å². The lowest BCUT2D eigenvalue weighted by atomic mass is 10.00. The highest BCUT2D eigenvalue weighted by Gasteiger charge is 2.04. The number of carbonyl (C=O) groups excluding carboxylic acids is 1. The Morgan fingerprint density at radius 2 is 1.70 bits per heavy atom. The summed E-state index contributed by atoms with van der Waals surface area (Å²) in [6, 6.07) is 17.8. The van der Waals surface area contributed by atoms with Gasteiger partial charge in [0.1, 0.15) is 0 Å². The Balaban J connectivity index is 1.98. The molecule has 0 atom stereocenters. The van der Waals surface area contributed by atoms with E-state index in [1.54, 1.807) is 13.1 Å². The number of benzene rings is 2. The Morgan fingerprint density at radius 1 is 0.950 bits per heavy atom. The van der Waals surface area contributed by atoms with Crippen LogP contribution in [0.3, 0.4) is 0 Å². The maximum absolute atomic E-state index is 11.3. The van der Waals surface area contributed by atoms with Gasteiger partial charge in [0.2, 0.25) is 0 Å². The summed E-state index contributed by atoms with van der Waals surface area (Å²) >= 11 is 0. The minimum Gasteiger partial charge on any atom is -0.295 e. The van der Waals surface area contributed by atoms with Gasteiger partial charge in [0, 0.05) is 17.3 Å². The van der Waals surface area contributed by atoms with Crippen LogP contribution in [0.1, 0.15) is 17.3 Å². The molecule has 0 fully saturated rings. The molecule has 1 aromatic heterocycles. The fourth-order valence-electron chi connectivity index (χ4n) is 2.18. The zero-order valence-electron chi connectivity index (χ0n) is 11.1. The number of nitrogens with zero attached hydrogens (tertiary/aromatic N) is 1. The lowest BCUT2D eigenvalue weighted by Gasteiger charge is -2.05. The van der Waals surface area contributed by atoms with Gasteiger partial charge in [-0.2, -0.15) is 5.10 Å². The number of rotatable bonds is 3. The summed E-state index contributed by atoms with van der Waals surface area (Å²) in [6.45, 7) is 1.58. The monoisotopic (exact) mass is 262 g/mol. The van der Waals surface area contributed by atoms with Crippen molar-refractivity contribution < 1.29 is 4.79 Å². The lowest BCUT2D eigenvalue weighted by molar-refractivity contribution is 0.101. The minimum absolute atomic E-state index is 0.0859. The van der Waals surface area contributed by atoms with E-state index in [4.69, 9.17) is 0 Å². The van der Waals surface area contributed by atoms with Gasteiger partial charge in [0.25, 0.3) is 0 Å². The predicted octanol–water partition coefficient (Wildman–Crippen LogP) is 3.95. The van der Waals surface area contributed by atoms with Gasteiger partial charge in [0.05, 0.1) is 5.69 Å². The molecule has 0 bridgehead atoms. The van der Waals surface area contributed by atoms with E-state index >= 15 is 0 Å². The second-order valence-electron chi connectivity index (χ2n) is 4.68. The molecule has 0 spiro atoms. The molecule has 2 aromatic carbocycles. The molecule has 0 saturated carbocycles. The number of ketones is 1. The maximum atomic E-state index is 11.3. The van der Waals surface area contributed by atoms with Crippen LogP contribution in [0, 0.1) is 0 Å². The second kappa shape index (κ2) is 5.13. The first-order chi connectivity index (χ1) is 9.74. The molecule has 1 N–H and O–H groups in total. The van der Waals surface area contributed by atoms with Crippen molar-refractivity contribution in [1.29, 1.82) is 0 Å². The van der Waals surface area contributed by atoms with Crippen molar-refractivity contribution in [3.8, 4) is 22.4 Å². The Hall–Kier alpha value is -2.68. The van der Waals surface area contributed by atoms with Gasteiger partial charge in [-0.25, -0.2) is 0 Å². The number of hydrogen-bond donors (Lipinski definition) is 1. The molecule has 0 unspecified atom stereocenters. The first-order valence-electron chi connectivity index (χ1n) is 6.45. The van der Waals surface area contributed by atoms with E-state index in [1.165, 1.54) is 0 Å². The third-order valence-electron chi connectivity index (χ3n) is 3.30. The van der Waals surface area contributed by atoms with Gasteiger partial charge in [-0.15, -0.1) is 0 Å². The zero-order chi connectivity index (χ0) is 13.9. The normalized spacial score (nSPS) is 10.4. The fourth-order valence-corrected chi connectivity index (χ4v) is 2.18. The SMILES string of the molecule is CC(=O)c1ccc(-c2cccc(-c3ccn[nH]3)c2)cc1. The molecular weight excluding hydrogens is 248 g/mol. The van der Waals surface area contributed by atoms with Crippen LogP contribution < -0.4 is 0 Å². The topological polar surface area (TPSA) is 45.8 Å². The molecule has 98 valence electrons. The number of nitrogens with one attached hydrogen (secondary N) is 1. The highest BCUT2D eigenvalue weighted by atomic mass is 16.1. The van der Waals surface area contributed by atoms with Crippen molar-refractivity contribution >= 4 is 5.78 Å². The van der Waals surface area contributed by atoms with Crippen LogP contribution >= 0.6 is 0 Å². The molecule has 20 heavy (non-hydrogen) atoms. The van der Waals surface area contributed by atoms with Gasteiger partial charge < -0.3 is 0 Å². The van der Waals surface area contributed by atoms with Crippen molar-refractivity contribution in [2.24, 2.45) is 0 Å². The maximum Gasteiger partial charge on any atom is 0.159 e. The molecule has 3 heteroatoms. The Labute approximate surface area is 117 Å². The van der Waals surface area contributed by atoms with Gasteiger partial charge in [-0.1, -0.05) is 42.5 Å². The summed E-state index contributed by atoms with van der Waals surface area (Å²) in [5.74, 6) is 0.0859. The van der Waals surface area contributed by atoms with E-state index < -0.39 is 0 Å². The number of aromatic nitrogens is 2. The summed E-state index contributed by atoms with van der Waals surface area (Å²) in [5.41, 5.74) is 5.03. The zero-order valence-corrected chi connectivity index (χ0v) is 11.1. The third-order valence-corrected chi connectivity index (χ3v) is 3.30. The Kier molecular flexibility index (Phi) is 3.17. The molecule has 0 amide bonds. The predicted molar refractivity (Wildman–Crippen MR) is 79.5 cm³/mol. The van der Waals surface area contributed by atoms with Gasteiger partial charge in [-0.3, -0.25) is 9.89 Å². The first-order valence-corrected chi connectivity index (χ1v) is 6.45. The second-order valence-corrected chi connectivity index (χ2v) is 4.68. The van der Waals surface area contributed by atoms with Crippen LogP contribution in [-0.4, -0.2) is 16.0 Å². The molecule has 3 aromatic rings. The molecule has 1 heterocycles.